The van der Waals surface area contributed by atoms with Crippen LogP contribution in [-0.4, -0.2) is 10.0 Å². The van der Waals surface area contributed by atoms with E-state index in [9.17, 15) is 10.1 Å². The third-order valence-corrected chi connectivity index (χ3v) is 3.33. The Bertz CT molecular complexity index is 676. The zero-order chi connectivity index (χ0) is 15.4. The molecule has 0 bridgehead atoms. The molecule has 2 aromatic carbocycles. The van der Waals surface area contributed by atoms with Crippen LogP contribution < -0.4 is 4.74 Å². The quantitative estimate of drug-likeness (QED) is 0.666. The maximum absolute atomic E-state index is 10.9. The van der Waals surface area contributed by atoms with Gasteiger partial charge in [-0.3, -0.25) is 10.1 Å². The van der Waals surface area contributed by atoms with E-state index in [0.29, 0.717) is 26.9 Å². The van der Waals surface area contributed by atoms with Gasteiger partial charge >= 0.3 is 0 Å². The largest absolute Gasteiger partial charge is 0.487 e. The molecule has 0 amide bonds. The van der Waals surface area contributed by atoms with Crippen molar-refractivity contribution >= 4 is 28.9 Å². The minimum Gasteiger partial charge on any atom is -0.487 e. The number of aliphatic hydroxyl groups is 1. The monoisotopic (exact) mass is 327 g/mol. The van der Waals surface area contributed by atoms with Crippen molar-refractivity contribution in [2.24, 2.45) is 0 Å². The van der Waals surface area contributed by atoms with Crippen molar-refractivity contribution in [3.05, 3.63) is 67.7 Å². The fourth-order valence-electron chi connectivity index (χ4n) is 1.76. The fourth-order valence-corrected chi connectivity index (χ4v) is 2.22. The van der Waals surface area contributed by atoms with Gasteiger partial charge in [0, 0.05) is 11.1 Å². The first-order valence-electron chi connectivity index (χ1n) is 5.96. The summed E-state index contributed by atoms with van der Waals surface area (Å²) in [5, 5.41) is 20.7. The molecular formula is C14H11Cl2NO4. The molecule has 0 aliphatic carbocycles. The molecule has 0 saturated heterocycles. The molecule has 5 nitrogen and oxygen atoms in total. The van der Waals surface area contributed by atoms with Crippen LogP contribution in [0.3, 0.4) is 0 Å². The lowest BCUT2D eigenvalue weighted by Gasteiger charge is -2.09. The number of aliphatic hydroxyl groups excluding tert-OH is 1. The molecule has 2 rings (SSSR count). The van der Waals surface area contributed by atoms with Crippen molar-refractivity contribution in [2.45, 2.75) is 13.2 Å². The molecule has 0 aromatic heterocycles. The van der Waals surface area contributed by atoms with E-state index in [1.165, 1.54) is 18.2 Å². The molecule has 110 valence electrons. The normalized spacial score (nSPS) is 10.4. The number of nitro benzene ring substituents is 1. The zero-order valence-electron chi connectivity index (χ0n) is 10.8. The van der Waals surface area contributed by atoms with Crippen LogP contribution in [-0.2, 0) is 13.2 Å². The summed E-state index contributed by atoms with van der Waals surface area (Å²) >= 11 is 11.9. The highest BCUT2D eigenvalue weighted by atomic mass is 35.5. The number of nitrogens with zero attached hydrogens (tertiary/aromatic N) is 1. The van der Waals surface area contributed by atoms with Crippen LogP contribution in [0.4, 0.5) is 5.69 Å². The van der Waals surface area contributed by atoms with Gasteiger partial charge in [-0.1, -0.05) is 29.3 Å². The molecule has 21 heavy (non-hydrogen) atoms. The van der Waals surface area contributed by atoms with Crippen LogP contribution >= 0.6 is 23.2 Å². The van der Waals surface area contributed by atoms with E-state index in [-0.39, 0.29) is 18.9 Å². The van der Waals surface area contributed by atoms with E-state index in [4.69, 9.17) is 33.0 Å². The summed E-state index contributed by atoms with van der Waals surface area (Å²) in [6.45, 7) is -0.158. The summed E-state index contributed by atoms with van der Waals surface area (Å²) in [7, 11) is 0. The first-order chi connectivity index (χ1) is 10.0. The third kappa shape index (κ3) is 3.85. The van der Waals surface area contributed by atoms with Gasteiger partial charge in [0.1, 0.15) is 12.4 Å². The first-order valence-corrected chi connectivity index (χ1v) is 6.71. The molecule has 0 aliphatic rings. The van der Waals surface area contributed by atoms with Crippen LogP contribution in [0.2, 0.25) is 10.0 Å². The number of nitro groups is 1. The predicted molar refractivity (Wildman–Crippen MR) is 79.8 cm³/mol. The average Bonchev–Trinajstić information content (AvgIpc) is 2.45. The van der Waals surface area contributed by atoms with Crippen molar-refractivity contribution in [3.63, 3.8) is 0 Å². The van der Waals surface area contributed by atoms with E-state index >= 15 is 0 Å². The van der Waals surface area contributed by atoms with E-state index in [2.05, 4.69) is 0 Å². The molecule has 1 N–H and O–H groups in total. The van der Waals surface area contributed by atoms with Crippen LogP contribution in [0.5, 0.6) is 5.75 Å². The molecular weight excluding hydrogens is 317 g/mol. The van der Waals surface area contributed by atoms with Gasteiger partial charge in [0.15, 0.2) is 0 Å². The standard InChI is InChI=1S/C14H11Cl2NO4/c15-11-2-3-13(17(19)20)10(6-11)8-21-14-4-1-9(7-18)5-12(14)16/h1-6,18H,7-8H2. The number of halogens is 2. The van der Waals surface area contributed by atoms with Gasteiger partial charge in [0.05, 0.1) is 22.1 Å². The summed E-state index contributed by atoms with van der Waals surface area (Å²) in [4.78, 5) is 10.5. The summed E-state index contributed by atoms with van der Waals surface area (Å²) in [6.07, 6.45) is 0. The Morgan fingerprint density at radius 1 is 1.19 bits per heavy atom. The highest BCUT2D eigenvalue weighted by Gasteiger charge is 2.15. The second-order valence-electron chi connectivity index (χ2n) is 4.24. The summed E-state index contributed by atoms with van der Waals surface area (Å²) < 4.78 is 5.49. The Kier molecular flexibility index (Phi) is 5.01. The molecule has 0 spiro atoms. The zero-order valence-corrected chi connectivity index (χ0v) is 12.3. The fraction of sp³-hybridized carbons (Fsp3) is 0.143. The van der Waals surface area contributed by atoms with Gasteiger partial charge in [-0.05, 0) is 29.8 Å². The number of hydrogen-bond acceptors (Lipinski definition) is 4. The molecule has 7 heteroatoms. The van der Waals surface area contributed by atoms with E-state index in [1.54, 1.807) is 18.2 Å². The Labute approximate surface area is 130 Å². The number of ether oxygens (including phenoxy) is 1. The molecule has 2 aromatic rings. The molecule has 0 aliphatic heterocycles. The maximum atomic E-state index is 10.9. The van der Waals surface area contributed by atoms with Gasteiger partial charge in [-0.25, -0.2) is 0 Å². The number of rotatable bonds is 5. The van der Waals surface area contributed by atoms with Crippen LogP contribution in [0, 0.1) is 10.1 Å². The Morgan fingerprint density at radius 2 is 1.95 bits per heavy atom. The Morgan fingerprint density at radius 3 is 2.57 bits per heavy atom. The van der Waals surface area contributed by atoms with E-state index < -0.39 is 4.92 Å². The molecule has 0 radical (unpaired) electrons. The van der Waals surface area contributed by atoms with E-state index in [0.717, 1.165) is 0 Å². The van der Waals surface area contributed by atoms with Crippen molar-refractivity contribution < 1.29 is 14.8 Å². The van der Waals surface area contributed by atoms with E-state index in [1.807, 2.05) is 0 Å². The van der Waals surface area contributed by atoms with Crippen molar-refractivity contribution in [1.82, 2.24) is 0 Å². The Hall–Kier alpha value is -1.82. The lowest BCUT2D eigenvalue weighted by atomic mass is 10.2. The first kappa shape index (κ1) is 15.6. The SMILES string of the molecule is O=[N+]([O-])c1ccc(Cl)cc1COc1ccc(CO)cc1Cl. The molecule has 0 fully saturated rings. The minimum absolute atomic E-state index is 0.0327. The second-order valence-corrected chi connectivity index (χ2v) is 5.09. The van der Waals surface area contributed by atoms with Gasteiger partial charge < -0.3 is 9.84 Å². The summed E-state index contributed by atoms with van der Waals surface area (Å²) in [6, 6.07) is 9.10. The molecule has 0 saturated carbocycles. The second kappa shape index (κ2) is 6.76. The third-order valence-electron chi connectivity index (χ3n) is 2.80. The van der Waals surface area contributed by atoms with Crippen molar-refractivity contribution in [2.75, 3.05) is 0 Å². The van der Waals surface area contributed by atoms with Crippen molar-refractivity contribution in [3.8, 4) is 5.75 Å². The molecule has 0 heterocycles. The lowest BCUT2D eigenvalue weighted by molar-refractivity contribution is -0.385. The predicted octanol–water partition coefficient (Wildman–Crippen LogP) is 3.97. The molecule has 0 atom stereocenters. The van der Waals surface area contributed by atoms with Gasteiger partial charge in [-0.15, -0.1) is 0 Å². The average molecular weight is 328 g/mol. The summed E-state index contributed by atoms with van der Waals surface area (Å²) in [5.41, 5.74) is 0.943. The smallest absolute Gasteiger partial charge is 0.276 e. The summed E-state index contributed by atoms with van der Waals surface area (Å²) in [5.74, 6) is 0.378. The van der Waals surface area contributed by atoms with Crippen LogP contribution in [0.15, 0.2) is 36.4 Å². The van der Waals surface area contributed by atoms with Gasteiger partial charge in [0.2, 0.25) is 0 Å². The van der Waals surface area contributed by atoms with Crippen LogP contribution in [0.25, 0.3) is 0 Å². The van der Waals surface area contributed by atoms with Crippen molar-refractivity contribution in [1.29, 1.82) is 0 Å². The highest BCUT2D eigenvalue weighted by molar-refractivity contribution is 6.32. The topological polar surface area (TPSA) is 72.6 Å². The lowest BCUT2D eigenvalue weighted by Crippen LogP contribution is -2.01. The molecule has 0 unspecified atom stereocenters. The van der Waals surface area contributed by atoms with Gasteiger partial charge in [-0.2, -0.15) is 0 Å². The highest BCUT2D eigenvalue weighted by Crippen LogP contribution is 2.28. The number of hydrogen-bond donors (Lipinski definition) is 1. The Balaban J connectivity index is 2.20. The minimum atomic E-state index is -0.495. The van der Waals surface area contributed by atoms with Gasteiger partial charge in [0.25, 0.3) is 5.69 Å². The number of benzene rings is 2. The van der Waals surface area contributed by atoms with Crippen LogP contribution in [0.1, 0.15) is 11.1 Å². The maximum Gasteiger partial charge on any atom is 0.276 e.